The first-order valence-corrected chi connectivity index (χ1v) is 9.46. The fourth-order valence-corrected chi connectivity index (χ4v) is 3.16. The van der Waals surface area contributed by atoms with Gasteiger partial charge < -0.3 is 10.2 Å². The maximum atomic E-state index is 12.3. The molecule has 2 rings (SSSR count). The van der Waals surface area contributed by atoms with Crippen molar-refractivity contribution in [1.29, 1.82) is 0 Å². The van der Waals surface area contributed by atoms with Crippen LogP contribution in [0.15, 0.2) is 24.3 Å². The fourth-order valence-electron chi connectivity index (χ4n) is 2.44. The highest BCUT2D eigenvalue weighted by Crippen LogP contribution is 2.29. The van der Waals surface area contributed by atoms with E-state index < -0.39 is 0 Å². The van der Waals surface area contributed by atoms with Crippen molar-refractivity contribution in [3.05, 3.63) is 29.8 Å². The Bertz CT molecular complexity index is 544. The van der Waals surface area contributed by atoms with Gasteiger partial charge in [-0.25, -0.2) is 0 Å². The third kappa shape index (κ3) is 6.65. The molecule has 0 heterocycles. The van der Waals surface area contributed by atoms with Crippen molar-refractivity contribution in [3.8, 4) is 0 Å². The van der Waals surface area contributed by atoms with Crippen LogP contribution in [0.1, 0.15) is 31.7 Å². The number of thioether (sulfide) groups is 1. The van der Waals surface area contributed by atoms with Crippen molar-refractivity contribution in [3.63, 3.8) is 0 Å². The van der Waals surface area contributed by atoms with Gasteiger partial charge in [-0.05, 0) is 49.8 Å². The molecule has 0 spiro atoms. The molecule has 1 aromatic rings. The summed E-state index contributed by atoms with van der Waals surface area (Å²) in [5.41, 5.74) is 1.92. The van der Waals surface area contributed by atoms with Gasteiger partial charge >= 0.3 is 0 Å². The normalized spacial score (nSPS) is 13.7. The summed E-state index contributed by atoms with van der Waals surface area (Å²) in [6.45, 7) is 5.80. The molecule has 126 valence electrons. The number of anilines is 1. The lowest BCUT2D eigenvalue weighted by Crippen LogP contribution is -2.35. The molecular formula is C18H26N2O2S. The van der Waals surface area contributed by atoms with Crippen LogP contribution in [0.4, 0.5) is 5.69 Å². The number of carbonyl (C=O) groups is 2. The first-order chi connectivity index (χ1) is 11.1. The van der Waals surface area contributed by atoms with Crippen molar-refractivity contribution in [1.82, 2.24) is 4.90 Å². The van der Waals surface area contributed by atoms with Gasteiger partial charge in [0.25, 0.3) is 0 Å². The largest absolute Gasteiger partial charge is 0.342 e. The summed E-state index contributed by atoms with van der Waals surface area (Å²) >= 11 is 1.39. The summed E-state index contributed by atoms with van der Waals surface area (Å²) in [6, 6.07) is 7.72. The Morgan fingerprint density at radius 2 is 2.09 bits per heavy atom. The van der Waals surface area contributed by atoms with Crippen LogP contribution in [0.3, 0.4) is 0 Å². The number of hydrogen-bond acceptors (Lipinski definition) is 3. The van der Waals surface area contributed by atoms with Gasteiger partial charge in [0.2, 0.25) is 11.8 Å². The van der Waals surface area contributed by atoms with Gasteiger partial charge in [0.15, 0.2) is 0 Å². The molecule has 1 aliphatic carbocycles. The first kappa shape index (κ1) is 17.9. The maximum absolute atomic E-state index is 12.3. The standard InChI is InChI=1S/C18H26N2O2S/c1-3-9-20(11-15-7-8-15)18(22)13-23-12-17(21)19-16-6-4-5-14(2)10-16/h4-6,10,15H,3,7-9,11-13H2,1-2H3,(H,19,21). The molecule has 23 heavy (non-hydrogen) atoms. The zero-order valence-corrected chi connectivity index (χ0v) is 14.8. The van der Waals surface area contributed by atoms with Crippen LogP contribution in [-0.4, -0.2) is 41.3 Å². The van der Waals surface area contributed by atoms with Crippen LogP contribution in [0.5, 0.6) is 0 Å². The van der Waals surface area contributed by atoms with Crippen LogP contribution in [-0.2, 0) is 9.59 Å². The molecule has 1 aromatic carbocycles. The molecule has 0 aromatic heterocycles. The Kier molecular flexibility index (Phi) is 6.96. The highest BCUT2D eigenvalue weighted by molar-refractivity contribution is 8.00. The van der Waals surface area contributed by atoms with Gasteiger partial charge in [-0.3, -0.25) is 9.59 Å². The lowest BCUT2D eigenvalue weighted by molar-refractivity contribution is -0.128. The van der Waals surface area contributed by atoms with E-state index in [1.165, 1.54) is 24.6 Å². The van der Waals surface area contributed by atoms with Gasteiger partial charge in [0, 0.05) is 18.8 Å². The lowest BCUT2D eigenvalue weighted by Gasteiger charge is -2.21. The molecule has 0 bridgehead atoms. The van der Waals surface area contributed by atoms with Crippen LogP contribution >= 0.6 is 11.8 Å². The summed E-state index contributed by atoms with van der Waals surface area (Å²) in [6.07, 6.45) is 3.48. The predicted octanol–water partition coefficient (Wildman–Crippen LogP) is 3.32. The Balaban J connectivity index is 1.70. The molecule has 1 fully saturated rings. The SMILES string of the molecule is CCCN(CC1CC1)C(=O)CSCC(=O)Nc1cccc(C)c1. The quantitative estimate of drug-likeness (QED) is 0.754. The first-order valence-electron chi connectivity index (χ1n) is 8.30. The predicted molar refractivity (Wildman–Crippen MR) is 96.7 cm³/mol. The van der Waals surface area contributed by atoms with E-state index in [9.17, 15) is 9.59 Å². The smallest absolute Gasteiger partial charge is 0.234 e. The minimum Gasteiger partial charge on any atom is -0.342 e. The molecule has 0 aliphatic heterocycles. The third-order valence-electron chi connectivity index (χ3n) is 3.78. The molecule has 4 nitrogen and oxygen atoms in total. The average molecular weight is 334 g/mol. The van der Waals surface area contributed by atoms with E-state index in [1.807, 2.05) is 36.1 Å². The van der Waals surface area contributed by atoms with Crippen molar-refractivity contribution >= 4 is 29.3 Å². The fraction of sp³-hybridized carbons (Fsp3) is 0.556. The molecule has 5 heteroatoms. The molecule has 1 aliphatic rings. The molecular weight excluding hydrogens is 308 g/mol. The van der Waals surface area contributed by atoms with Gasteiger partial charge in [0.05, 0.1) is 11.5 Å². The number of amides is 2. The Morgan fingerprint density at radius 3 is 2.74 bits per heavy atom. The topological polar surface area (TPSA) is 49.4 Å². The summed E-state index contributed by atoms with van der Waals surface area (Å²) < 4.78 is 0. The third-order valence-corrected chi connectivity index (χ3v) is 4.70. The Morgan fingerprint density at radius 1 is 1.30 bits per heavy atom. The van der Waals surface area contributed by atoms with Gasteiger partial charge in [-0.15, -0.1) is 11.8 Å². The van der Waals surface area contributed by atoms with Gasteiger partial charge in [-0.2, -0.15) is 0 Å². The molecule has 1 N–H and O–H groups in total. The Labute approximate surface area is 143 Å². The van der Waals surface area contributed by atoms with Crippen molar-refractivity contribution in [2.45, 2.75) is 33.1 Å². The van der Waals surface area contributed by atoms with E-state index in [1.54, 1.807) is 0 Å². The van der Waals surface area contributed by atoms with E-state index in [2.05, 4.69) is 12.2 Å². The van der Waals surface area contributed by atoms with E-state index in [4.69, 9.17) is 0 Å². The molecule has 0 unspecified atom stereocenters. The highest BCUT2D eigenvalue weighted by Gasteiger charge is 2.26. The van der Waals surface area contributed by atoms with Crippen LogP contribution in [0.25, 0.3) is 0 Å². The number of hydrogen-bond donors (Lipinski definition) is 1. The van der Waals surface area contributed by atoms with Crippen LogP contribution in [0, 0.1) is 12.8 Å². The van der Waals surface area contributed by atoms with E-state index in [0.717, 1.165) is 30.8 Å². The minimum absolute atomic E-state index is 0.0577. The number of rotatable bonds is 9. The van der Waals surface area contributed by atoms with Crippen LogP contribution in [0.2, 0.25) is 0 Å². The second-order valence-corrected chi connectivity index (χ2v) is 7.18. The summed E-state index contributed by atoms with van der Waals surface area (Å²) in [4.78, 5) is 26.1. The maximum Gasteiger partial charge on any atom is 0.234 e. The molecule has 0 saturated heterocycles. The number of carbonyl (C=O) groups excluding carboxylic acids is 2. The van der Waals surface area contributed by atoms with E-state index >= 15 is 0 Å². The molecule has 2 amide bonds. The van der Waals surface area contributed by atoms with Crippen LogP contribution < -0.4 is 5.32 Å². The van der Waals surface area contributed by atoms with Gasteiger partial charge in [0.1, 0.15) is 0 Å². The van der Waals surface area contributed by atoms with Crippen molar-refractivity contribution in [2.24, 2.45) is 5.92 Å². The number of nitrogens with zero attached hydrogens (tertiary/aromatic N) is 1. The summed E-state index contributed by atoms with van der Waals surface area (Å²) in [5.74, 6) is 1.50. The zero-order chi connectivity index (χ0) is 16.7. The number of aryl methyl sites for hydroxylation is 1. The van der Waals surface area contributed by atoms with Gasteiger partial charge in [-0.1, -0.05) is 19.1 Å². The number of benzene rings is 1. The molecule has 0 atom stereocenters. The van der Waals surface area contributed by atoms with E-state index in [0.29, 0.717) is 17.4 Å². The second-order valence-electron chi connectivity index (χ2n) is 6.19. The van der Waals surface area contributed by atoms with E-state index in [-0.39, 0.29) is 11.8 Å². The summed E-state index contributed by atoms with van der Waals surface area (Å²) in [7, 11) is 0. The molecule has 1 saturated carbocycles. The van der Waals surface area contributed by atoms with Crippen molar-refractivity contribution in [2.75, 3.05) is 29.9 Å². The Hall–Kier alpha value is -1.49. The zero-order valence-electron chi connectivity index (χ0n) is 14.0. The average Bonchev–Trinajstić information content (AvgIpc) is 3.30. The molecule has 0 radical (unpaired) electrons. The minimum atomic E-state index is -0.0577. The monoisotopic (exact) mass is 334 g/mol. The summed E-state index contributed by atoms with van der Waals surface area (Å²) in [5, 5.41) is 2.87. The second kappa shape index (κ2) is 8.96. The lowest BCUT2D eigenvalue weighted by atomic mass is 10.2. The number of nitrogens with one attached hydrogen (secondary N) is 1. The van der Waals surface area contributed by atoms with Crippen molar-refractivity contribution < 1.29 is 9.59 Å². The highest BCUT2D eigenvalue weighted by atomic mass is 32.2.